The molecule has 0 bridgehead atoms. The van der Waals surface area contributed by atoms with Gasteiger partial charge in [-0.3, -0.25) is 4.79 Å². The van der Waals surface area contributed by atoms with E-state index in [4.69, 9.17) is 0 Å². The fourth-order valence-corrected chi connectivity index (χ4v) is 3.65. The fraction of sp³-hybridized carbons (Fsp3) is 0.429. The van der Waals surface area contributed by atoms with Crippen molar-refractivity contribution in [3.05, 3.63) is 29.8 Å². The lowest BCUT2D eigenvalue weighted by Crippen LogP contribution is -2.34. The molecule has 2 N–H and O–H groups in total. The Morgan fingerprint density at radius 2 is 2.00 bits per heavy atom. The van der Waals surface area contributed by atoms with E-state index in [-0.39, 0.29) is 29.9 Å². The van der Waals surface area contributed by atoms with Crippen molar-refractivity contribution in [3.63, 3.8) is 0 Å². The molecule has 1 aromatic rings. The summed E-state index contributed by atoms with van der Waals surface area (Å²) in [4.78, 5) is 23.9. The van der Waals surface area contributed by atoms with Crippen molar-refractivity contribution >= 4 is 27.6 Å². The summed E-state index contributed by atoms with van der Waals surface area (Å²) in [5, 5.41) is 5.28. The molecule has 1 aliphatic rings. The molecule has 22 heavy (non-hydrogen) atoms. The zero-order valence-corrected chi connectivity index (χ0v) is 13.3. The first-order chi connectivity index (χ1) is 10.3. The number of nitrogens with one attached hydrogen (secondary N) is 2. The Morgan fingerprint density at radius 3 is 2.59 bits per heavy atom. The number of carbonyl (C=O) groups is 2. The summed E-state index contributed by atoms with van der Waals surface area (Å²) >= 11 is 0. The van der Waals surface area contributed by atoms with Crippen LogP contribution in [-0.4, -0.2) is 43.0 Å². The molecule has 8 heteroatoms. The Labute approximate surface area is 129 Å². The number of carbonyl (C=O) groups excluding carboxylic acids is 2. The van der Waals surface area contributed by atoms with Gasteiger partial charge in [-0.1, -0.05) is 6.07 Å². The van der Waals surface area contributed by atoms with Gasteiger partial charge >= 0.3 is 6.03 Å². The van der Waals surface area contributed by atoms with Crippen molar-refractivity contribution in [1.29, 1.82) is 0 Å². The minimum Gasteiger partial charge on any atom is -0.336 e. The standard InChI is InChI=1S/C14H19N3O4S/c1-10(2)15-14(19)16-12-6-3-5-11(9-12)13(18)17-7-4-8-22(17,20)21/h3,5-6,9-10H,4,7-8H2,1-2H3,(H2,15,16,19). The highest BCUT2D eigenvalue weighted by Crippen LogP contribution is 2.19. The first-order valence-corrected chi connectivity index (χ1v) is 8.63. The maximum Gasteiger partial charge on any atom is 0.319 e. The Morgan fingerprint density at radius 1 is 1.27 bits per heavy atom. The summed E-state index contributed by atoms with van der Waals surface area (Å²) in [5.41, 5.74) is 0.661. The first-order valence-electron chi connectivity index (χ1n) is 7.02. The predicted molar refractivity (Wildman–Crippen MR) is 83.2 cm³/mol. The van der Waals surface area contributed by atoms with Gasteiger partial charge in [0.05, 0.1) is 5.75 Å². The monoisotopic (exact) mass is 325 g/mol. The summed E-state index contributed by atoms with van der Waals surface area (Å²) in [6.45, 7) is 3.86. The zero-order chi connectivity index (χ0) is 16.3. The molecule has 0 saturated carbocycles. The summed E-state index contributed by atoms with van der Waals surface area (Å²) in [6.07, 6.45) is 0.447. The lowest BCUT2D eigenvalue weighted by Gasteiger charge is -2.15. The molecule has 0 atom stereocenters. The van der Waals surface area contributed by atoms with Gasteiger partial charge in [0, 0.05) is 23.8 Å². The maximum absolute atomic E-state index is 12.3. The summed E-state index contributed by atoms with van der Waals surface area (Å²) in [7, 11) is -3.50. The second kappa shape index (κ2) is 6.35. The van der Waals surface area contributed by atoms with E-state index in [1.165, 1.54) is 12.1 Å². The third-order valence-corrected chi connectivity index (χ3v) is 4.94. The topological polar surface area (TPSA) is 95.6 Å². The second-order valence-corrected chi connectivity index (χ2v) is 7.39. The largest absolute Gasteiger partial charge is 0.336 e. The molecular weight excluding hydrogens is 306 g/mol. The Balaban J connectivity index is 2.15. The molecule has 0 aliphatic carbocycles. The molecule has 1 aliphatic heterocycles. The van der Waals surface area contributed by atoms with Gasteiger partial charge in [0.15, 0.2) is 0 Å². The average Bonchev–Trinajstić information content (AvgIpc) is 2.76. The number of urea groups is 1. The molecule has 0 spiro atoms. The molecule has 3 amide bonds. The van der Waals surface area contributed by atoms with Gasteiger partial charge in [0.25, 0.3) is 5.91 Å². The smallest absolute Gasteiger partial charge is 0.319 e. The number of anilines is 1. The average molecular weight is 325 g/mol. The molecule has 120 valence electrons. The van der Waals surface area contributed by atoms with Crippen molar-refractivity contribution in [3.8, 4) is 0 Å². The lowest BCUT2D eigenvalue weighted by atomic mass is 10.2. The van der Waals surface area contributed by atoms with Crippen LogP contribution in [0, 0.1) is 0 Å². The molecule has 1 heterocycles. The number of nitrogens with zero attached hydrogens (tertiary/aromatic N) is 1. The number of amides is 3. The fourth-order valence-electron chi connectivity index (χ4n) is 2.17. The van der Waals surface area contributed by atoms with E-state index in [1.807, 2.05) is 13.8 Å². The number of benzene rings is 1. The summed E-state index contributed by atoms with van der Waals surface area (Å²) in [5.74, 6) is -0.571. The molecule has 0 radical (unpaired) electrons. The lowest BCUT2D eigenvalue weighted by molar-refractivity contribution is 0.0870. The van der Waals surface area contributed by atoms with Crippen LogP contribution in [0.2, 0.25) is 0 Å². The van der Waals surface area contributed by atoms with E-state index in [0.717, 1.165) is 4.31 Å². The minimum absolute atomic E-state index is 0.00647. The van der Waals surface area contributed by atoms with Crippen molar-refractivity contribution in [1.82, 2.24) is 9.62 Å². The van der Waals surface area contributed by atoms with Crippen LogP contribution in [0.1, 0.15) is 30.6 Å². The zero-order valence-electron chi connectivity index (χ0n) is 12.5. The Kier molecular flexibility index (Phi) is 4.70. The predicted octanol–water partition coefficient (Wildman–Crippen LogP) is 1.39. The van der Waals surface area contributed by atoms with Gasteiger partial charge in [0.1, 0.15) is 0 Å². The number of hydrogen-bond acceptors (Lipinski definition) is 4. The first kappa shape index (κ1) is 16.3. The van der Waals surface area contributed by atoms with E-state index in [2.05, 4.69) is 10.6 Å². The quantitative estimate of drug-likeness (QED) is 0.878. The number of sulfonamides is 1. The summed E-state index contributed by atoms with van der Waals surface area (Å²) < 4.78 is 24.5. The van der Waals surface area contributed by atoms with Crippen LogP contribution in [0.4, 0.5) is 10.5 Å². The van der Waals surface area contributed by atoms with Gasteiger partial charge in [-0.25, -0.2) is 17.5 Å². The van der Waals surface area contributed by atoms with E-state index in [1.54, 1.807) is 12.1 Å². The number of rotatable bonds is 3. The molecule has 1 aromatic carbocycles. The van der Waals surface area contributed by atoms with Crippen LogP contribution in [0.25, 0.3) is 0 Å². The van der Waals surface area contributed by atoms with Crippen LogP contribution in [0.5, 0.6) is 0 Å². The van der Waals surface area contributed by atoms with Crippen LogP contribution in [0.15, 0.2) is 24.3 Å². The molecule has 0 unspecified atom stereocenters. The van der Waals surface area contributed by atoms with Crippen LogP contribution in [-0.2, 0) is 10.0 Å². The Hall–Kier alpha value is -2.09. The van der Waals surface area contributed by atoms with Gasteiger partial charge in [0.2, 0.25) is 10.0 Å². The van der Waals surface area contributed by atoms with Gasteiger partial charge in [-0.15, -0.1) is 0 Å². The minimum atomic E-state index is -3.50. The highest BCUT2D eigenvalue weighted by Gasteiger charge is 2.33. The van der Waals surface area contributed by atoms with Crippen molar-refractivity contribution in [2.75, 3.05) is 17.6 Å². The van der Waals surface area contributed by atoms with Crippen LogP contribution < -0.4 is 10.6 Å². The third kappa shape index (κ3) is 3.76. The van der Waals surface area contributed by atoms with Crippen molar-refractivity contribution in [2.24, 2.45) is 0 Å². The molecule has 0 aromatic heterocycles. The van der Waals surface area contributed by atoms with Crippen molar-refractivity contribution < 1.29 is 18.0 Å². The third-order valence-electron chi connectivity index (χ3n) is 3.11. The van der Waals surface area contributed by atoms with Crippen LogP contribution >= 0.6 is 0 Å². The van der Waals surface area contributed by atoms with Gasteiger partial charge in [-0.2, -0.15) is 0 Å². The van der Waals surface area contributed by atoms with Crippen molar-refractivity contribution in [2.45, 2.75) is 26.3 Å². The highest BCUT2D eigenvalue weighted by atomic mass is 32.2. The Bertz CT molecular complexity index is 685. The summed E-state index contributed by atoms with van der Waals surface area (Å²) in [6, 6.07) is 5.83. The second-order valence-electron chi connectivity index (χ2n) is 5.38. The van der Waals surface area contributed by atoms with E-state index >= 15 is 0 Å². The molecule has 1 saturated heterocycles. The SMILES string of the molecule is CC(C)NC(=O)Nc1cccc(C(=O)N2CCCS2(=O)=O)c1. The molecule has 1 fully saturated rings. The maximum atomic E-state index is 12.3. The van der Waals surface area contributed by atoms with Gasteiger partial charge < -0.3 is 10.6 Å². The molecular formula is C14H19N3O4S. The normalized spacial score (nSPS) is 16.6. The highest BCUT2D eigenvalue weighted by molar-refractivity contribution is 7.89. The van der Waals surface area contributed by atoms with Gasteiger partial charge in [-0.05, 0) is 38.5 Å². The number of hydrogen-bond donors (Lipinski definition) is 2. The molecule has 7 nitrogen and oxygen atoms in total. The van der Waals surface area contributed by atoms with E-state index in [0.29, 0.717) is 12.1 Å². The van der Waals surface area contributed by atoms with E-state index < -0.39 is 15.9 Å². The molecule has 2 rings (SSSR count). The van der Waals surface area contributed by atoms with E-state index in [9.17, 15) is 18.0 Å². The van der Waals surface area contributed by atoms with Crippen LogP contribution in [0.3, 0.4) is 0 Å².